The van der Waals surface area contributed by atoms with E-state index in [-0.39, 0.29) is 0 Å². The first-order valence-electron chi connectivity index (χ1n) is 9.11. The molecule has 8 heteroatoms. The summed E-state index contributed by atoms with van der Waals surface area (Å²) in [7, 11) is 0. The molecule has 0 bridgehead atoms. The van der Waals surface area contributed by atoms with Gasteiger partial charge in [0.05, 0.1) is 0 Å². The lowest BCUT2D eigenvalue weighted by molar-refractivity contribution is 0.464. The third-order valence-electron chi connectivity index (χ3n) is 4.70. The highest BCUT2D eigenvalue weighted by Gasteiger charge is 2.15. The first-order chi connectivity index (χ1) is 14.2. The Morgan fingerprint density at radius 2 is 1.72 bits per heavy atom. The van der Waals surface area contributed by atoms with Gasteiger partial charge in [0.2, 0.25) is 5.65 Å². The van der Waals surface area contributed by atoms with E-state index >= 15 is 0 Å². The van der Waals surface area contributed by atoms with Crippen LogP contribution in [0.25, 0.3) is 22.7 Å². The van der Waals surface area contributed by atoms with Crippen LogP contribution in [0.1, 0.15) is 11.4 Å². The van der Waals surface area contributed by atoms with E-state index < -0.39 is 0 Å². The highest BCUT2D eigenvalue weighted by atomic mass is 16.5. The number of benzene rings is 2. The van der Waals surface area contributed by atoms with Crippen LogP contribution in [0.4, 0.5) is 0 Å². The number of hydrogen-bond acceptors (Lipinski definition) is 6. The fourth-order valence-corrected chi connectivity index (χ4v) is 3.25. The third-order valence-corrected chi connectivity index (χ3v) is 4.70. The molecule has 0 aliphatic rings. The average molecular weight is 383 g/mol. The Morgan fingerprint density at radius 3 is 2.55 bits per heavy atom. The van der Waals surface area contributed by atoms with Gasteiger partial charge in [-0.25, -0.2) is 4.98 Å². The topological polar surface area (TPSA) is 83.0 Å². The van der Waals surface area contributed by atoms with Crippen molar-refractivity contribution in [2.75, 3.05) is 0 Å². The van der Waals surface area contributed by atoms with Crippen molar-refractivity contribution in [3.63, 3.8) is 0 Å². The first-order valence-corrected chi connectivity index (χ1v) is 9.11. The highest BCUT2D eigenvalue weighted by molar-refractivity contribution is 5.63. The molecule has 3 heterocycles. The molecule has 0 saturated carbocycles. The fourth-order valence-electron chi connectivity index (χ4n) is 3.25. The van der Waals surface area contributed by atoms with Gasteiger partial charge in [-0.1, -0.05) is 24.3 Å². The standard InChI is InChI=1S/C21H17N7O/c1-14-5-3-4-6-18(14)19-26-24-15(2)28(19)16-7-9-17(10-8-16)29-21-20-25-23-13-27(20)12-11-22-21/h3-13H,1-2H3. The second kappa shape index (κ2) is 6.83. The number of aryl methyl sites for hydroxylation is 2. The summed E-state index contributed by atoms with van der Waals surface area (Å²) in [6, 6.07) is 15.9. The minimum atomic E-state index is 0.402. The number of nitrogens with zero attached hydrogens (tertiary/aromatic N) is 7. The predicted molar refractivity (Wildman–Crippen MR) is 107 cm³/mol. The van der Waals surface area contributed by atoms with Crippen molar-refractivity contribution in [1.82, 2.24) is 34.3 Å². The quantitative estimate of drug-likeness (QED) is 0.470. The van der Waals surface area contributed by atoms with Gasteiger partial charge < -0.3 is 4.74 Å². The second-order valence-electron chi connectivity index (χ2n) is 6.61. The Hall–Kier alpha value is -4.07. The summed E-state index contributed by atoms with van der Waals surface area (Å²) < 4.78 is 9.70. The van der Waals surface area contributed by atoms with Crippen molar-refractivity contribution in [2.45, 2.75) is 13.8 Å². The summed E-state index contributed by atoms with van der Waals surface area (Å²) in [6.45, 7) is 4.01. The lowest BCUT2D eigenvalue weighted by atomic mass is 10.1. The molecule has 5 aromatic rings. The summed E-state index contributed by atoms with van der Waals surface area (Å²) in [4.78, 5) is 4.25. The Morgan fingerprint density at radius 1 is 0.897 bits per heavy atom. The van der Waals surface area contributed by atoms with Crippen molar-refractivity contribution in [1.29, 1.82) is 0 Å². The van der Waals surface area contributed by atoms with Gasteiger partial charge in [-0.05, 0) is 43.7 Å². The molecule has 0 unspecified atom stereocenters. The summed E-state index contributed by atoms with van der Waals surface area (Å²) in [5, 5.41) is 16.6. The van der Waals surface area contributed by atoms with Crippen molar-refractivity contribution >= 4 is 5.65 Å². The molecule has 0 spiro atoms. The molecule has 0 fully saturated rings. The van der Waals surface area contributed by atoms with E-state index in [9.17, 15) is 0 Å². The normalized spacial score (nSPS) is 11.1. The van der Waals surface area contributed by atoms with Crippen LogP contribution in [0.15, 0.2) is 67.3 Å². The second-order valence-corrected chi connectivity index (χ2v) is 6.61. The van der Waals surface area contributed by atoms with Crippen LogP contribution in [0.2, 0.25) is 0 Å². The van der Waals surface area contributed by atoms with Crippen molar-refractivity contribution in [3.8, 4) is 28.7 Å². The lowest BCUT2D eigenvalue weighted by Crippen LogP contribution is -2.01. The Labute approximate surface area is 166 Å². The number of rotatable bonds is 4. The average Bonchev–Trinajstić information content (AvgIpc) is 3.36. The van der Waals surface area contributed by atoms with Crippen molar-refractivity contribution in [3.05, 3.63) is 78.6 Å². The van der Waals surface area contributed by atoms with Gasteiger partial charge in [0, 0.05) is 23.6 Å². The molecule has 0 N–H and O–H groups in total. The molecule has 2 aromatic carbocycles. The van der Waals surface area contributed by atoms with Crippen LogP contribution in [0.5, 0.6) is 11.6 Å². The van der Waals surface area contributed by atoms with Crippen LogP contribution in [0, 0.1) is 13.8 Å². The van der Waals surface area contributed by atoms with E-state index in [0.717, 1.165) is 28.5 Å². The zero-order valence-corrected chi connectivity index (χ0v) is 15.9. The van der Waals surface area contributed by atoms with Crippen LogP contribution in [0.3, 0.4) is 0 Å². The van der Waals surface area contributed by atoms with Crippen LogP contribution >= 0.6 is 0 Å². The molecule has 0 radical (unpaired) electrons. The molecular weight excluding hydrogens is 366 g/mol. The van der Waals surface area contributed by atoms with E-state index in [1.54, 1.807) is 23.1 Å². The number of ether oxygens (including phenoxy) is 1. The van der Waals surface area contributed by atoms with Crippen molar-refractivity contribution in [2.24, 2.45) is 0 Å². The minimum absolute atomic E-state index is 0.402. The highest BCUT2D eigenvalue weighted by Crippen LogP contribution is 2.28. The lowest BCUT2D eigenvalue weighted by Gasteiger charge is -2.11. The smallest absolute Gasteiger partial charge is 0.265 e. The van der Waals surface area contributed by atoms with E-state index in [1.165, 1.54) is 0 Å². The molecular formula is C21H17N7O. The monoisotopic (exact) mass is 383 g/mol. The summed E-state index contributed by atoms with van der Waals surface area (Å²) in [6.07, 6.45) is 5.02. The van der Waals surface area contributed by atoms with Crippen LogP contribution in [-0.2, 0) is 0 Å². The zero-order valence-electron chi connectivity index (χ0n) is 15.9. The maximum atomic E-state index is 5.91. The van der Waals surface area contributed by atoms with Gasteiger partial charge in [0.15, 0.2) is 5.82 Å². The summed E-state index contributed by atoms with van der Waals surface area (Å²) in [5.74, 6) is 2.68. The van der Waals surface area contributed by atoms with E-state index in [4.69, 9.17) is 4.74 Å². The van der Waals surface area contributed by atoms with E-state index in [1.807, 2.05) is 47.9 Å². The predicted octanol–water partition coefficient (Wildman–Crippen LogP) is 3.78. The van der Waals surface area contributed by atoms with Crippen LogP contribution < -0.4 is 4.74 Å². The van der Waals surface area contributed by atoms with Crippen molar-refractivity contribution < 1.29 is 4.74 Å². The van der Waals surface area contributed by atoms with E-state index in [0.29, 0.717) is 17.3 Å². The molecule has 0 amide bonds. The molecule has 3 aromatic heterocycles. The Balaban J connectivity index is 1.49. The van der Waals surface area contributed by atoms with Gasteiger partial charge >= 0.3 is 0 Å². The maximum absolute atomic E-state index is 5.91. The number of aromatic nitrogens is 7. The molecule has 0 aliphatic carbocycles. The fraction of sp³-hybridized carbons (Fsp3) is 0.0952. The Bertz CT molecular complexity index is 1300. The van der Waals surface area contributed by atoms with Gasteiger partial charge in [0.1, 0.15) is 17.9 Å². The van der Waals surface area contributed by atoms with Gasteiger partial charge in [-0.15, -0.1) is 20.4 Å². The molecule has 0 aliphatic heterocycles. The number of hydrogen-bond donors (Lipinski definition) is 0. The summed E-state index contributed by atoms with van der Waals surface area (Å²) in [5.41, 5.74) is 3.71. The zero-order chi connectivity index (χ0) is 19.8. The maximum Gasteiger partial charge on any atom is 0.265 e. The first kappa shape index (κ1) is 17.1. The molecule has 142 valence electrons. The Kier molecular flexibility index (Phi) is 4.02. The molecule has 0 atom stereocenters. The minimum Gasteiger partial charge on any atom is -0.436 e. The molecule has 29 heavy (non-hydrogen) atoms. The molecule has 8 nitrogen and oxygen atoms in total. The SMILES string of the molecule is Cc1ccccc1-c1nnc(C)n1-c1ccc(Oc2nccn3cnnc23)cc1. The summed E-state index contributed by atoms with van der Waals surface area (Å²) >= 11 is 0. The van der Waals surface area contributed by atoms with Gasteiger partial charge in [-0.3, -0.25) is 8.97 Å². The van der Waals surface area contributed by atoms with Crippen LogP contribution in [-0.4, -0.2) is 34.3 Å². The van der Waals surface area contributed by atoms with Gasteiger partial charge in [0.25, 0.3) is 5.88 Å². The largest absolute Gasteiger partial charge is 0.436 e. The van der Waals surface area contributed by atoms with E-state index in [2.05, 4.69) is 44.4 Å². The molecule has 5 rings (SSSR count). The third kappa shape index (κ3) is 3.00. The molecule has 0 saturated heterocycles. The number of fused-ring (bicyclic) bond motifs is 1. The van der Waals surface area contributed by atoms with Gasteiger partial charge in [-0.2, -0.15) is 0 Å².